The van der Waals surface area contributed by atoms with E-state index in [9.17, 15) is 9.59 Å². The molecule has 256 valence electrons. The monoisotopic (exact) mass is 642 g/mol. The van der Waals surface area contributed by atoms with Gasteiger partial charge in [-0.1, -0.05) is 19.3 Å². The van der Waals surface area contributed by atoms with Crippen molar-refractivity contribution < 1.29 is 23.8 Å². The van der Waals surface area contributed by atoms with Gasteiger partial charge in [0.1, 0.15) is 23.6 Å². The van der Waals surface area contributed by atoms with Crippen LogP contribution in [0.25, 0.3) is 5.69 Å². The maximum Gasteiger partial charge on any atom is 0.414 e. The molecule has 2 amide bonds. The summed E-state index contributed by atoms with van der Waals surface area (Å²) in [6, 6.07) is 7.89. The van der Waals surface area contributed by atoms with E-state index in [0.29, 0.717) is 19.1 Å². The summed E-state index contributed by atoms with van der Waals surface area (Å²) in [5.41, 5.74) is 5.50. The number of piperazine rings is 1. The molecule has 1 aliphatic heterocycles. The normalized spacial score (nSPS) is 14.4. The van der Waals surface area contributed by atoms with Gasteiger partial charge in [0.05, 0.1) is 0 Å². The quantitative estimate of drug-likeness (QED) is 0.159. The van der Waals surface area contributed by atoms with Crippen LogP contribution < -0.4 is 21.1 Å². The van der Waals surface area contributed by atoms with Gasteiger partial charge >= 0.3 is 12.2 Å². The van der Waals surface area contributed by atoms with Gasteiger partial charge in [0.15, 0.2) is 0 Å². The number of imidazole rings is 1. The molecule has 4 N–H and O–H groups in total. The van der Waals surface area contributed by atoms with Gasteiger partial charge < -0.3 is 24.8 Å². The first-order valence-electron chi connectivity index (χ1n) is 16.3. The number of guanidine groups is 1. The number of unbranched alkanes of at least 4 members (excludes halogenated alkanes) is 4. The number of nitrogen functional groups attached to an aromatic ring is 1. The van der Waals surface area contributed by atoms with Gasteiger partial charge in [-0.05, 0) is 85.2 Å². The Bertz CT molecular complexity index is 1210. The van der Waals surface area contributed by atoms with Crippen molar-refractivity contribution in [1.29, 1.82) is 0 Å². The second kappa shape index (κ2) is 17.7. The number of nitrogens with one attached hydrogen (secondary N) is 2. The minimum atomic E-state index is -0.684. The van der Waals surface area contributed by atoms with Crippen molar-refractivity contribution in [1.82, 2.24) is 30.0 Å². The van der Waals surface area contributed by atoms with Crippen LogP contribution in [-0.4, -0.2) is 101 Å². The van der Waals surface area contributed by atoms with Crippen LogP contribution in [0.5, 0.6) is 5.75 Å². The summed E-state index contributed by atoms with van der Waals surface area (Å²) >= 11 is 0. The zero-order valence-corrected chi connectivity index (χ0v) is 28.5. The van der Waals surface area contributed by atoms with Gasteiger partial charge in [-0.2, -0.15) is 0 Å². The summed E-state index contributed by atoms with van der Waals surface area (Å²) in [5, 5.41) is 5.04. The maximum absolute atomic E-state index is 12.2. The Hall–Kier alpha value is -3.84. The second-order valence-corrected chi connectivity index (χ2v) is 13.4. The number of nitrogens with zero attached hydrogens (tertiary/aromatic N) is 5. The number of ether oxygens (including phenoxy) is 3. The fraction of sp³-hybridized carbons (Fsp3) is 0.636. The lowest BCUT2D eigenvalue weighted by atomic mass is 10.1. The number of aliphatic imine (C=N–C) groups is 1. The van der Waals surface area contributed by atoms with Crippen LogP contribution in [0, 0.1) is 0 Å². The van der Waals surface area contributed by atoms with E-state index >= 15 is 0 Å². The molecular formula is C33H54N8O5. The SMILES string of the molecule is CC(C)(C)OC(=O)NC(=NCCCCCCCN1CCN(CCOc2ccc(-n3ccnc3N)cc2)CC1)NC(=O)OC(C)(C)C. The highest BCUT2D eigenvalue weighted by molar-refractivity contribution is 6.01. The summed E-state index contributed by atoms with van der Waals surface area (Å²) < 4.78 is 18.4. The fourth-order valence-corrected chi connectivity index (χ4v) is 4.84. The van der Waals surface area contributed by atoms with E-state index < -0.39 is 23.4 Å². The summed E-state index contributed by atoms with van der Waals surface area (Å²) in [5.74, 6) is 1.34. The Labute approximate surface area is 273 Å². The lowest BCUT2D eigenvalue weighted by Gasteiger charge is -2.34. The van der Waals surface area contributed by atoms with Crippen LogP contribution >= 0.6 is 0 Å². The Morgan fingerprint density at radius 3 is 1.91 bits per heavy atom. The maximum atomic E-state index is 12.2. The molecule has 0 saturated carbocycles. The lowest BCUT2D eigenvalue weighted by molar-refractivity contribution is 0.0545. The molecule has 13 heteroatoms. The number of anilines is 1. The number of carbonyl (C=O) groups is 2. The average Bonchev–Trinajstić information content (AvgIpc) is 3.39. The van der Waals surface area contributed by atoms with Crippen molar-refractivity contribution in [2.45, 2.75) is 84.8 Å². The Balaban J connectivity index is 1.25. The molecule has 3 rings (SSSR count). The molecule has 0 atom stereocenters. The topological polar surface area (TPSA) is 149 Å². The molecule has 2 aromatic rings. The van der Waals surface area contributed by atoms with Crippen molar-refractivity contribution in [2.24, 2.45) is 4.99 Å². The smallest absolute Gasteiger partial charge is 0.414 e. The van der Waals surface area contributed by atoms with Gasteiger partial charge in [0, 0.05) is 57.3 Å². The summed E-state index contributed by atoms with van der Waals surface area (Å²) in [6.07, 6.45) is 7.45. The van der Waals surface area contributed by atoms with Gasteiger partial charge in [0.25, 0.3) is 0 Å². The Kier molecular flexibility index (Phi) is 14.1. The van der Waals surface area contributed by atoms with Crippen molar-refractivity contribution in [3.05, 3.63) is 36.7 Å². The van der Waals surface area contributed by atoms with Crippen LogP contribution in [0.4, 0.5) is 15.5 Å². The lowest BCUT2D eigenvalue weighted by Crippen LogP contribution is -2.47. The molecule has 0 spiro atoms. The zero-order valence-electron chi connectivity index (χ0n) is 28.5. The predicted octanol–water partition coefficient (Wildman–Crippen LogP) is 4.81. The van der Waals surface area contributed by atoms with Crippen molar-refractivity contribution in [3.63, 3.8) is 0 Å². The van der Waals surface area contributed by atoms with E-state index in [2.05, 4.69) is 30.4 Å². The average molecular weight is 643 g/mol. The Morgan fingerprint density at radius 2 is 1.37 bits per heavy atom. The molecule has 0 unspecified atom stereocenters. The summed E-state index contributed by atoms with van der Waals surface area (Å²) in [7, 11) is 0. The predicted molar refractivity (Wildman–Crippen MR) is 180 cm³/mol. The molecule has 1 aromatic heterocycles. The minimum Gasteiger partial charge on any atom is -0.492 e. The zero-order chi connectivity index (χ0) is 33.6. The third-order valence-corrected chi connectivity index (χ3v) is 7.07. The van der Waals surface area contributed by atoms with Crippen molar-refractivity contribution in [2.75, 3.05) is 58.2 Å². The van der Waals surface area contributed by atoms with E-state index in [1.807, 2.05) is 35.0 Å². The molecule has 1 fully saturated rings. The van der Waals surface area contributed by atoms with E-state index in [-0.39, 0.29) is 5.96 Å². The Morgan fingerprint density at radius 1 is 0.826 bits per heavy atom. The first kappa shape index (κ1) is 36.6. The van der Waals surface area contributed by atoms with Crippen LogP contribution in [0.15, 0.2) is 41.7 Å². The number of hydrogen-bond donors (Lipinski definition) is 3. The van der Waals surface area contributed by atoms with E-state index in [1.165, 1.54) is 6.42 Å². The van der Waals surface area contributed by atoms with Gasteiger partial charge in [0.2, 0.25) is 11.9 Å². The van der Waals surface area contributed by atoms with Crippen LogP contribution in [-0.2, 0) is 9.47 Å². The standard InChI is InChI=1S/C33H54N8O5/c1-32(2,3)45-30(42)37-29(38-31(43)46-33(4,5)6)36-16-10-8-7-9-11-18-39-20-22-40(23-21-39)24-25-44-27-14-12-26(13-15-27)41-19-17-35-28(41)34/h12-15,17,19H,7-11,16,18,20-25H2,1-6H3,(H2,34,35)(H2,36,37,38,42,43). The second-order valence-electron chi connectivity index (χ2n) is 13.4. The first-order valence-corrected chi connectivity index (χ1v) is 16.3. The molecular weight excluding hydrogens is 588 g/mol. The number of hydrogen-bond acceptors (Lipinski definition) is 10. The number of aromatic nitrogens is 2. The molecule has 0 aliphatic carbocycles. The van der Waals surface area contributed by atoms with Crippen LogP contribution in [0.2, 0.25) is 0 Å². The van der Waals surface area contributed by atoms with Crippen molar-refractivity contribution >= 4 is 24.1 Å². The number of benzene rings is 1. The molecule has 2 heterocycles. The highest BCUT2D eigenvalue weighted by Crippen LogP contribution is 2.17. The van der Waals surface area contributed by atoms with Gasteiger partial charge in [-0.25, -0.2) is 14.6 Å². The third-order valence-electron chi connectivity index (χ3n) is 7.07. The number of nitrogens with two attached hydrogens (primary N) is 1. The molecule has 46 heavy (non-hydrogen) atoms. The van der Waals surface area contributed by atoms with Crippen molar-refractivity contribution in [3.8, 4) is 11.4 Å². The highest BCUT2D eigenvalue weighted by Gasteiger charge is 2.21. The molecule has 1 aliphatic rings. The molecule has 1 saturated heterocycles. The minimum absolute atomic E-state index is 0.0282. The number of alkyl carbamates (subject to hydrolysis) is 2. The number of rotatable bonds is 13. The van der Waals surface area contributed by atoms with E-state index in [0.717, 1.165) is 76.4 Å². The number of amides is 2. The largest absolute Gasteiger partial charge is 0.492 e. The van der Waals surface area contributed by atoms with Gasteiger partial charge in [-0.3, -0.25) is 25.1 Å². The van der Waals surface area contributed by atoms with Crippen LogP contribution in [0.1, 0.15) is 73.6 Å². The van der Waals surface area contributed by atoms with E-state index in [4.69, 9.17) is 19.9 Å². The highest BCUT2D eigenvalue weighted by atomic mass is 16.6. The summed E-state index contributed by atoms with van der Waals surface area (Å²) in [6.45, 7) is 18.0. The third kappa shape index (κ3) is 14.5. The van der Waals surface area contributed by atoms with E-state index in [1.54, 1.807) is 47.7 Å². The van der Waals surface area contributed by atoms with Crippen LogP contribution in [0.3, 0.4) is 0 Å². The molecule has 0 bridgehead atoms. The molecule has 13 nitrogen and oxygen atoms in total. The number of carbonyl (C=O) groups excluding carboxylic acids is 2. The molecule has 1 aromatic carbocycles. The summed E-state index contributed by atoms with van der Waals surface area (Å²) in [4.78, 5) is 37.9. The molecule has 0 radical (unpaired) electrons. The fourth-order valence-electron chi connectivity index (χ4n) is 4.84. The van der Waals surface area contributed by atoms with Gasteiger partial charge in [-0.15, -0.1) is 0 Å². The first-order chi connectivity index (χ1) is 21.8.